The van der Waals surface area contributed by atoms with Crippen molar-refractivity contribution < 1.29 is 9.22 Å². The van der Waals surface area contributed by atoms with E-state index in [9.17, 15) is 4.79 Å². The second-order valence-electron chi connectivity index (χ2n) is 7.92. The summed E-state index contributed by atoms with van der Waals surface area (Å²) in [4.78, 5) is 11.6. The quantitative estimate of drug-likeness (QED) is 0.156. The van der Waals surface area contributed by atoms with Crippen molar-refractivity contribution in [2.24, 2.45) is 0 Å². The largest absolute Gasteiger partial charge is 0.520 e. The number of unbranched alkanes of at least 4 members (excludes halogenated alkanes) is 7. The maximum atomic E-state index is 11.6. The first-order valence-corrected chi connectivity index (χ1v) is 14.0. The molecule has 0 radical (unpaired) electrons. The molecule has 0 N–H and O–H groups in total. The van der Waals surface area contributed by atoms with Gasteiger partial charge in [0.1, 0.15) is 0 Å². The van der Waals surface area contributed by atoms with Gasteiger partial charge in [0.2, 0.25) is 8.32 Å². The zero-order valence-electron chi connectivity index (χ0n) is 17.8. The Balaban J connectivity index is 3.38. The highest BCUT2D eigenvalue weighted by Crippen LogP contribution is 2.10. The molecule has 0 saturated heterocycles. The van der Waals surface area contributed by atoms with Crippen LogP contribution in [0.3, 0.4) is 0 Å². The van der Waals surface area contributed by atoms with Crippen molar-refractivity contribution >= 4 is 14.3 Å². The molecule has 0 atom stereocenters. The number of rotatable bonds is 16. The van der Waals surface area contributed by atoms with Gasteiger partial charge >= 0.3 is 0 Å². The monoisotopic (exact) mass is 378 g/mol. The molecule has 0 amide bonds. The molecule has 150 valence electrons. The Hall–Kier alpha value is -1.09. The van der Waals surface area contributed by atoms with Gasteiger partial charge < -0.3 is 4.43 Å². The second-order valence-corrected chi connectivity index (χ2v) is 12.3. The summed E-state index contributed by atoms with van der Waals surface area (Å²) in [5, 5.41) is 0. The van der Waals surface area contributed by atoms with Gasteiger partial charge in [-0.1, -0.05) is 75.5 Å². The minimum atomic E-state index is -1.70. The maximum absolute atomic E-state index is 11.6. The summed E-state index contributed by atoms with van der Waals surface area (Å²) < 4.78 is 5.45. The van der Waals surface area contributed by atoms with Crippen LogP contribution in [0.2, 0.25) is 19.6 Å². The van der Waals surface area contributed by atoms with Gasteiger partial charge in [-0.05, 0) is 58.2 Å². The van der Waals surface area contributed by atoms with Gasteiger partial charge in [-0.25, -0.2) is 0 Å². The first kappa shape index (κ1) is 24.9. The van der Waals surface area contributed by atoms with Crippen LogP contribution in [0, 0.1) is 0 Å². The van der Waals surface area contributed by atoms with Gasteiger partial charge in [0.25, 0.3) is 5.97 Å². The molecule has 0 aliphatic rings. The lowest BCUT2D eigenvalue weighted by atomic mass is 10.1. The highest BCUT2D eigenvalue weighted by Gasteiger charge is 2.19. The van der Waals surface area contributed by atoms with E-state index in [0.29, 0.717) is 6.42 Å². The number of hydrogen-bond donors (Lipinski definition) is 0. The van der Waals surface area contributed by atoms with E-state index in [1.54, 1.807) is 0 Å². The summed E-state index contributed by atoms with van der Waals surface area (Å²) in [5.41, 5.74) is 0. The molecule has 0 aliphatic carbocycles. The van der Waals surface area contributed by atoms with Crippen molar-refractivity contribution in [1.82, 2.24) is 0 Å². The molecule has 0 heterocycles. The van der Waals surface area contributed by atoms with Gasteiger partial charge in [-0.3, -0.25) is 4.79 Å². The molecule has 0 rings (SSSR count). The molecule has 2 nitrogen and oxygen atoms in total. The van der Waals surface area contributed by atoms with Gasteiger partial charge in [-0.2, -0.15) is 0 Å². The lowest BCUT2D eigenvalue weighted by Gasteiger charge is -2.17. The Morgan fingerprint density at radius 1 is 0.731 bits per heavy atom. The normalized spacial score (nSPS) is 12.6. The molecular formula is C23H42O2Si. The smallest absolute Gasteiger partial charge is 0.292 e. The summed E-state index contributed by atoms with van der Waals surface area (Å²) in [6.45, 7) is 8.40. The zero-order valence-corrected chi connectivity index (χ0v) is 18.8. The van der Waals surface area contributed by atoms with Crippen LogP contribution in [-0.4, -0.2) is 14.3 Å². The Morgan fingerprint density at radius 2 is 1.23 bits per heavy atom. The summed E-state index contributed by atoms with van der Waals surface area (Å²) in [5.74, 6) is -0.00314. The lowest BCUT2D eigenvalue weighted by Crippen LogP contribution is -2.28. The van der Waals surface area contributed by atoms with E-state index < -0.39 is 8.32 Å². The van der Waals surface area contributed by atoms with E-state index in [1.165, 1.54) is 44.9 Å². The third kappa shape index (κ3) is 21.0. The third-order valence-electron chi connectivity index (χ3n) is 3.94. The van der Waals surface area contributed by atoms with Crippen molar-refractivity contribution in [3.8, 4) is 0 Å². The highest BCUT2D eigenvalue weighted by molar-refractivity contribution is 6.71. The molecule has 26 heavy (non-hydrogen) atoms. The molecule has 0 aromatic carbocycles. The van der Waals surface area contributed by atoms with Crippen molar-refractivity contribution in [2.75, 3.05) is 0 Å². The minimum Gasteiger partial charge on any atom is -0.520 e. The molecule has 0 spiro atoms. The molecule has 0 aromatic rings. The van der Waals surface area contributed by atoms with Crippen molar-refractivity contribution in [2.45, 2.75) is 104 Å². The van der Waals surface area contributed by atoms with Crippen molar-refractivity contribution in [3.05, 3.63) is 36.5 Å². The Morgan fingerprint density at radius 3 is 1.81 bits per heavy atom. The fraction of sp³-hybridized carbons (Fsp3) is 0.696. The van der Waals surface area contributed by atoms with Crippen LogP contribution >= 0.6 is 0 Å². The fourth-order valence-electron chi connectivity index (χ4n) is 2.55. The average molecular weight is 379 g/mol. The van der Waals surface area contributed by atoms with Gasteiger partial charge in [0, 0.05) is 6.42 Å². The Labute approximate surface area is 163 Å². The van der Waals surface area contributed by atoms with E-state index in [0.717, 1.165) is 25.7 Å². The topological polar surface area (TPSA) is 26.3 Å². The van der Waals surface area contributed by atoms with Crippen molar-refractivity contribution in [1.29, 1.82) is 0 Å². The third-order valence-corrected chi connectivity index (χ3v) is 4.78. The predicted octanol–water partition coefficient (Wildman–Crippen LogP) is 7.73. The Kier molecular flexibility index (Phi) is 16.6. The SMILES string of the molecule is CCCC/C=C\C/C=C\C/C=C\CCCCCCCC(=O)O[Si](C)(C)C. The fourth-order valence-corrected chi connectivity index (χ4v) is 3.34. The van der Waals surface area contributed by atoms with E-state index in [1.807, 2.05) is 0 Å². The Bertz CT molecular complexity index is 416. The van der Waals surface area contributed by atoms with Gasteiger partial charge in [0.05, 0.1) is 0 Å². The summed E-state index contributed by atoms with van der Waals surface area (Å²) in [6.07, 6.45) is 27.1. The zero-order chi connectivity index (χ0) is 19.5. The van der Waals surface area contributed by atoms with E-state index >= 15 is 0 Å². The predicted molar refractivity (Wildman–Crippen MR) is 118 cm³/mol. The van der Waals surface area contributed by atoms with Crippen LogP contribution in [0.25, 0.3) is 0 Å². The van der Waals surface area contributed by atoms with Crippen LogP contribution in [0.15, 0.2) is 36.5 Å². The lowest BCUT2D eigenvalue weighted by molar-refractivity contribution is -0.135. The van der Waals surface area contributed by atoms with E-state index in [4.69, 9.17) is 4.43 Å². The standard InChI is InChI=1S/C23H42O2Si/c1-5-6-7-8-9-10-11-12-13-14-15-16-17-18-19-20-21-22-23(24)25-26(2,3)4/h8-9,11-12,14-15H,5-7,10,13,16-22H2,1-4H3/b9-8-,12-11-,15-14-. The molecule has 3 heteroatoms. The molecule has 0 aliphatic heterocycles. The first-order chi connectivity index (χ1) is 12.5. The van der Waals surface area contributed by atoms with Crippen LogP contribution < -0.4 is 0 Å². The second kappa shape index (κ2) is 17.3. The molecule has 0 bridgehead atoms. The summed E-state index contributed by atoms with van der Waals surface area (Å²) in [6, 6.07) is 0. The average Bonchev–Trinajstić information content (AvgIpc) is 2.56. The van der Waals surface area contributed by atoms with Crippen LogP contribution in [0.4, 0.5) is 0 Å². The maximum Gasteiger partial charge on any atom is 0.292 e. The van der Waals surface area contributed by atoms with E-state index in [2.05, 4.69) is 63.0 Å². The summed E-state index contributed by atoms with van der Waals surface area (Å²) >= 11 is 0. The van der Waals surface area contributed by atoms with Crippen LogP contribution in [0.5, 0.6) is 0 Å². The van der Waals surface area contributed by atoms with Crippen LogP contribution in [0.1, 0.15) is 84.0 Å². The molecule has 0 unspecified atom stereocenters. The molecular weight excluding hydrogens is 336 g/mol. The van der Waals surface area contributed by atoms with Crippen LogP contribution in [-0.2, 0) is 9.22 Å². The van der Waals surface area contributed by atoms with Gasteiger partial charge in [0.15, 0.2) is 0 Å². The number of carbonyl (C=O) groups excluding carboxylic acids is 1. The van der Waals surface area contributed by atoms with Crippen molar-refractivity contribution in [3.63, 3.8) is 0 Å². The van der Waals surface area contributed by atoms with Gasteiger partial charge in [-0.15, -0.1) is 0 Å². The first-order valence-electron chi connectivity index (χ1n) is 10.6. The highest BCUT2D eigenvalue weighted by atomic mass is 28.4. The molecule has 0 aromatic heterocycles. The summed E-state index contributed by atoms with van der Waals surface area (Å²) in [7, 11) is -1.70. The minimum absolute atomic E-state index is 0.00314. The molecule has 0 saturated carbocycles. The van der Waals surface area contributed by atoms with E-state index in [-0.39, 0.29) is 5.97 Å². The number of allylic oxidation sites excluding steroid dienone is 6. The number of hydrogen-bond acceptors (Lipinski definition) is 2. The molecule has 0 fully saturated rings. The number of carbonyl (C=O) groups is 1.